The highest BCUT2D eigenvalue weighted by Gasteiger charge is 2.17. The summed E-state index contributed by atoms with van der Waals surface area (Å²) < 4.78 is 0. The summed E-state index contributed by atoms with van der Waals surface area (Å²) in [7, 11) is 0. The molecule has 0 bridgehead atoms. The third-order valence-corrected chi connectivity index (χ3v) is 9.12. The number of allylic oxidation sites excluding steroid dienone is 15. The van der Waals surface area contributed by atoms with Crippen molar-refractivity contribution in [2.45, 2.75) is 193 Å². The van der Waals surface area contributed by atoms with Crippen LogP contribution in [0.4, 0.5) is 0 Å². The second kappa shape index (κ2) is 42.7. The lowest BCUT2D eigenvalue weighted by molar-refractivity contribution is -0.123. The summed E-state index contributed by atoms with van der Waals surface area (Å²) in [6, 6.07) is -0.647. The predicted molar refractivity (Wildman–Crippen MR) is 230 cm³/mol. The standard InChI is InChI=1S/C48H81NO3/c1-3-5-7-9-11-13-14-15-16-17-18-19-20-21-22-23-24-25-26-27-28-29-30-31-32-33-34-36-38-40-42-44-48(52)49-46(45-50)47(51)43-41-39-37-35-12-10-8-6-4-2/h4-7,11-13,15-16,18-19,21-22,35,41,43,46-47,50-51H,3,8-10,14,17,20,23-34,36-40,42,44-45H2,1-2H3,(H,49,52)/b6-4+,7-5-,13-11-,16-15-,19-18-,22-21-,35-12+,43-41+. The van der Waals surface area contributed by atoms with E-state index >= 15 is 0 Å². The fourth-order valence-electron chi connectivity index (χ4n) is 5.89. The second-order valence-corrected chi connectivity index (χ2v) is 14.0. The van der Waals surface area contributed by atoms with Crippen LogP contribution in [0.3, 0.4) is 0 Å². The topological polar surface area (TPSA) is 69.6 Å². The molecule has 0 radical (unpaired) electrons. The van der Waals surface area contributed by atoms with Gasteiger partial charge in [-0.05, 0) is 84.0 Å². The fourth-order valence-corrected chi connectivity index (χ4v) is 5.89. The fraction of sp³-hybridized carbons (Fsp3) is 0.646. The van der Waals surface area contributed by atoms with Crippen molar-refractivity contribution in [3.05, 3.63) is 97.2 Å². The van der Waals surface area contributed by atoms with Crippen LogP contribution >= 0.6 is 0 Å². The van der Waals surface area contributed by atoms with Gasteiger partial charge in [-0.25, -0.2) is 0 Å². The normalized spacial score (nSPS) is 14.0. The van der Waals surface area contributed by atoms with Gasteiger partial charge in [0.1, 0.15) is 0 Å². The van der Waals surface area contributed by atoms with E-state index in [0.717, 1.165) is 70.6 Å². The number of hydrogen-bond donors (Lipinski definition) is 3. The monoisotopic (exact) mass is 720 g/mol. The Morgan fingerprint density at radius 3 is 1.35 bits per heavy atom. The van der Waals surface area contributed by atoms with Gasteiger partial charge in [-0.15, -0.1) is 0 Å². The van der Waals surface area contributed by atoms with Crippen LogP contribution in [0.25, 0.3) is 0 Å². The molecule has 0 aromatic carbocycles. The summed E-state index contributed by atoms with van der Waals surface area (Å²) >= 11 is 0. The Kier molecular flexibility index (Phi) is 40.5. The Hall–Kier alpha value is -2.69. The molecule has 52 heavy (non-hydrogen) atoms. The zero-order valence-corrected chi connectivity index (χ0v) is 33.8. The molecule has 0 saturated heterocycles. The Morgan fingerprint density at radius 1 is 0.500 bits per heavy atom. The smallest absolute Gasteiger partial charge is 0.220 e. The maximum Gasteiger partial charge on any atom is 0.220 e. The number of unbranched alkanes of at least 4 members (excludes halogenated alkanes) is 17. The average molecular weight is 720 g/mol. The molecule has 0 spiro atoms. The molecule has 0 saturated carbocycles. The molecule has 0 aromatic heterocycles. The van der Waals surface area contributed by atoms with E-state index < -0.39 is 12.1 Å². The molecular formula is C48H81NO3. The predicted octanol–water partition coefficient (Wildman–Crippen LogP) is 13.5. The van der Waals surface area contributed by atoms with Crippen molar-refractivity contribution in [3.8, 4) is 0 Å². The molecule has 0 rings (SSSR count). The number of hydrogen-bond acceptors (Lipinski definition) is 3. The lowest BCUT2D eigenvalue weighted by Crippen LogP contribution is -2.45. The van der Waals surface area contributed by atoms with Gasteiger partial charge in [0.25, 0.3) is 0 Å². The zero-order valence-electron chi connectivity index (χ0n) is 33.8. The van der Waals surface area contributed by atoms with Crippen LogP contribution in [-0.4, -0.2) is 34.9 Å². The molecule has 0 aromatic rings. The van der Waals surface area contributed by atoms with Crippen molar-refractivity contribution in [2.75, 3.05) is 6.61 Å². The van der Waals surface area contributed by atoms with E-state index in [9.17, 15) is 15.0 Å². The van der Waals surface area contributed by atoms with E-state index in [1.54, 1.807) is 6.08 Å². The first-order valence-corrected chi connectivity index (χ1v) is 21.4. The first kappa shape index (κ1) is 49.3. The lowest BCUT2D eigenvalue weighted by atomic mass is 10.0. The second-order valence-electron chi connectivity index (χ2n) is 14.0. The molecule has 296 valence electrons. The van der Waals surface area contributed by atoms with Gasteiger partial charge in [0.15, 0.2) is 0 Å². The van der Waals surface area contributed by atoms with Crippen molar-refractivity contribution in [3.63, 3.8) is 0 Å². The Labute approximate surface area is 322 Å². The minimum absolute atomic E-state index is 0.0862. The summed E-state index contributed by atoms with van der Waals surface area (Å²) in [5, 5.41) is 22.8. The number of carbonyl (C=O) groups is 1. The van der Waals surface area contributed by atoms with E-state index in [0.29, 0.717) is 6.42 Å². The van der Waals surface area contributed by atoms with Crippen LogP contribution in [0.1, 0.15) is 181 Å². The van der Waals surface area contributed by atoms with Gasteiger partial charge >= 0.3 is 0 Å². The van der Waals surface area contributed by atoms with Gasteiger partial charge in [-0.1, -0.05) is 188 Å². The summed E-state index contributed by atoms with van der Waals surface area (Å²) in [6.45, 7) is 3.93. The maximum absolute atomic E-state index is 12.3. The van der Waals surface area contributed by atoms with E-state index in [-0.39, 0.29) is 12.5 Å². The molecule has 0 aliphatic heterocycles. The third kappa shape index (κ3) is 38.5. The van der Waals surface area contributed by atoms with Gasteiger partial charge in [-0.2, -0.15) is 0 Å². The summed E-state index contributed by atoms with van der Waals surface area (Å²) in [4.78, 5) is 12.3. The maximum atomic E-state index is 12.3. The number of nitrogens with one attached hydrogen (secondary N) is 1. The summed E-state index contributed by atoms with van der Waals surface area (Å²) in [5.74, 6) is -0.0862. The van der Waals surface area contributed by atoms with Crippen molar-refractivity contribution in [2.24, 2.45) is 0 Å². The van der Waals surface area contributed by atoms with Gasteiger partial charge < -0.3 is 15.5 Å². The summed E-state index contributed by atoms with van der Waals surface area (Å²) in [6.07, 6.45) is 64.0. The molecule has 0 aliphatic rings. The zero-order chi connectivity index (χ0) is 37.8. The van der Waals surface area contributed by atoms with Gasteiger partial charge in [0.05, 0.1) is 18.8 Å². The van der Waals surface area contributed by atoms with Gasteiger partial charge in [-0.3, -0.25) is 4.79 Å². The highest BCUT2D eigenvalue weighted by Crippen LogP contribution is 2.14. The molecule has 0 aliphatic carbocycles. The molecule has 4 heteroatoms. The molecule has 2 atom stereocenters. The Balaban J connectivity index is 3.52. The first-order valence-electron chi connectivity index (χ1n) is 21.4. The van der Waals surface area contributed by atoms with E-state index in [1.807, 2.05) is 13.0 Å². The van der Waals surface area contributed by atoms with Gasteiger partial charge in [0.2, 0.25) is 5.91 Å². The Bertz CT molecular complexity index is 999. The minimum atomic E-state index is -0.871. The molecule has 1 amide bonds. The van der Waals surface area contributed by atoms with Crippen LogP contribution in [0.5, 0.6) is 0 Å². The van der Waals surface area contributed by atoms with E-state index in [4.69, 9.17) is 0 Å². The van der Waals surface area contributed by atoms with E-state index in [1.165, 1.54) is 89.9 Å². The van der Waals surface area contributed by atoms with Crippen molar-refractivity contribution in [1.82, 2.24) is 5.32 Å². The largest absolute Gasteiger partial charge is 0.394 e. The third-order valence-electron chi connectivity index (χ3n) is 9.12. The molecule has 2 unspecified atom stereocenters. The van der Waals surface area contributed by atoms with Crippen LogP contribution in [0.15, 0.2) is 97.2 Å². The van der Waals surface area contributed by atoms with Crippen molar-refractivity contribution >= 4 is 5.91 Å². The van der Waals surface area contributed by atoms with Crippen LogP contribution in [0, 0.1) is 0 Å². The lowest BCUT2D eigenvalue weighted by Gasteiger charge is -2.19. The summed E-state index contributed by atoms with van der Waals surface area (Å²) in [5.41, 5.74) is 0. The highest BCUT2D eigenvalue weighted by molar-refractivity contribution is 5.76. The number of rotatable bonds is 37. The molecule has 3 N–H and O–H groups in total. The molecule has 0 fully saturated rings. The van der Waals surface area contributed by atoms with Crippen LogP contribution in [0.2, 0.25) is 0 Å². The number of carbonyl (C=O) groups excluding carboxylic acids is 1. The Morgan fingerprint density at radius 2 is 0.885 bits per heavy atom. The number of amides is 1. The van der Waals surface area contributed by atoms with E-state index in [2.05, 4.69) is 97.3 Å². The number of aliphatic hydroxyl groups excluding tert-OH is 2. The average Bonchev–Trinajstić information content (AvgIpc) is 3.15. The first-order chi connectivity index (χ1) is 25.7. The van der Waals surface area contributed by atoms with Crippen molar-refractivity contribution in [1.29, 1.82) is 0 Å². The molecule has 0 heterocycles. The highest BCUT2D eigenvalue weighted by atomic mass is 16.3. The molecule has 4 nitrogen and oxygen atoms in total. The van der Waals surface area contributed by atoms with Crippen molar-refractivity contribution < 1.29 is 15.0 Å². The number of aliphatic hydroxyl groups is 2. The van der Waals surface area contributed by atoms with Crippen LogP contribution < -0.4 is 5.32 Å². The van der Waals surface area contributed by atoms with Crippen LogP contribution in [-0.2, 0) is 4.79 Å². The quantitative estimate of drug-likeness (QED) is 0.0442. The minimum Gasteiger partial charge on any atom is -0.394 e. The molecular weight excluding hydrogens is 639 g/mol. The van der Waals surface area contributed by atoms with Gasteiger partial charge in [0, 0.05) is 6.42 Å². The SMILES string of the molecule is C/C=C/CC/C=C/CC/C=C/C(O)C(CO)NC(=O)CCCCCCCCCCCCCCCCC/C=C\C/C=C\C/C=C\C/C=C\C/C=C\CC.